The Kier molecular flexibility index (Phi) is 6.75. The first-order valence-corrected chi connectivity index (χ1v) is 13.7. The van der Waals surface area contributed by atoms with Crippen LogP contribution in [-0.4, -0.2) is 74.3 Å². The fourth-order valence-corrected chi connectivity index (χ4v) is 6.63. The van der Waals surface area contributed by atoms with Crippen LogP contribution in [0.3, 0.4) is 0 Å². The first kappa shape index (κ1) is 23.6. The molecular formula is C27H37N7O2. The molecule has 3 heterocycles. The fourth-order valence-electron chi connectivity index (χ4n) is 6.63. The highest BCUT2D eigenvalue weighted by Crippen LogP contribution is 2.35. The molecule has 2 aromatic heterocycles. The summed E-state index contributed by atoms with van der Waals surface area (Å²) in [6, 6.07) is 8.50. The van der Waals surface area contributed by atoms with Gasteiger partial charge in [-0.05, 0) is 60.4 Å². The Morgan fingerprint density at radius 2 is 1.67 bits per heavy atom. The number of H-pyrrole nitrogens is 1. The predicted octanol–water partition coefficient (Wildman–Crippen LogP) is 3.68. The number of aromatic amines is 1. The monoisotopic (exact) mass is 491 g/mol. The van der Waals surface area contributed by atoms with Crippen LogP contribution in [0.4, 0.5) is 0 Å². The van der Waals surface area contributed by atoms with E-state index in [-0.39, 0.29) is 11.6 Å². The van der Waals surface area contributed by atoms with Gasteiger partial charge in [0.15, 0.2) is 5.82 Å². The van der Waals surface area contributed by atoms with E-state index >= 15 is 0 Å². The SMILES string of the molecule is COc1ccc2[nH]c(=O)c([C@@H](c3nnnn3C3CCCC3)N3CCN(C4CCCCC4)CC3)cc2c1. The van der Waals surface area contributed by atoms with E-state index in [4.69, 9.17) is 4.74 Å². The number of tetrazole rings is 1. The molecule has 0 spiro atoms. The highest BCUT2D eigenvalue weighted by atomic mass is 16.5. The average Bonchev–Trinajstić information content (AvgIpc) is 3.62. The van der Waals surface area contributed by atoms with Crippen molar-refractivity contribution in [3.8, 4) is 5.75 Å². The van der Waals surface area contributed by atoms with Crippen LogP contribution in [0.15, 0.2) is 29.1 Å². The lowest BCUT2D eigenvalue weighted by atomic mass is 9.93. The number of benzene rings is 1. The Hall–Kier alpha value is -2.78. The maximum atomic E-state index is 13.5. The van der Waals surface area contributed by atoms with E-state index in [1.54, 1.807) is 7.11 Å². The third-order valence-corrected chi connectivity index (χ3v) is 8.61. The van der Waals surface area contributed by atoms with Gasteiger partial charge in [0.05, 0.1) is 13.2 Å². The fraction of sp³-hybridized carbons (Fsp3) is 0.630. The van der Waals surface area contributed by atoms with Gasteiger partial charge in [0.25, 0.3) is 5.56 Å². The second-order valence-corrected chi connectivity index (χ2v) is 10.7. The van der Waals surface area contributed by atoms with Gasteiger partial charge in [-0.3, -0.25) is 14.6 Å². The summed E-state index contributed by atoms with van der Waals surface area (Å²) in [7, 11) is 1.66. The molecule has 0 radical (unpaired) electrons. The molecule has 3 aromatic rings. The highest BCUT2D eigenvalue weighted by Gasteiger charge is 2.35. The molecule has 0 unspecified atom stereocenters. The lowest BCUT2D eigenvalue weighted by Gasteiger charge is -2.43. The summed E-state index contributed by atoms with van der Waals surface area (Å²) in [5.41, 5.74) is 1.44. The molecule has 1 saturated heterocycles. The van der Waals surface area contributed by atoms with Crippen LogP contribution in [-0.2, 0) is 0 Å². The molecule has 9 nitrogen and oxygen atoms in total. The maximum absolute atomic E-state index is 13.5. The third-order valence-electron chi connectivity index (χ3n) is 8.61. The molecule has 2 saturated carbocycles. The van der Waals surface area contributed by atoms with E-state index in [0.717, 1.165) is 61.5 Å². The summed E-state index contributed by atoms with van der Waals surface area (Å²) in [6.07, 6.45) is 11.3. The van der Waals surface area contributed by atoms with Crippen LogP contribution in [0.2, 0.25) is 0 Å². The van der Waals surface area contributed by atoms with Crippen LogP contribution < -0.4 is 10.3 Å². The molecule has 1 aromatic carbocycles. The quantitative estimate of drug-likeness (QED) is 0.562. The summed E-state index contributed by atoms with van der Waals surface area (Å²) >= 11 is 0. The van der Waals surface area contributed by atoms with Crippen molar-refractivity contribution in [2.75, 3.05) is 33.3 Å². The van der Waals surface area contributed by atoms with Crippen molar-refractivity contribution in [2.24, 2.45) is 0 Å². The molecule has 192 valence electrons. The standard InChI is InChI=1S/C27H37N7O2/c1-36-22-11-12-24-19(17-22)18-23(27(35)28-24)25(26-29-30-31-34(26)21-9-5-6-10-21)33-15-13-32(14-16-33)20-7-3-2-4-8-20/h11-12,17-18,20-21,25H,2-10,13-16H2,1H3,(H,28,35)/t25-/m0/s1. The van der Waals surface area contributed by atoms with Gasteiger partial charge in [-0.15, -0.1) is 5.10 Å². The smallest absolute Gasteiger partial charge is 0.253 e. The van der Waals surface area contributed by atoms with E-state index in [9.17, 15) is 4.79 Å². The van der Waals surface area contributed by atoms with Gasteiger partial charge in [0.1, 0.15) is 11.8 Å². The largest absolute Gasteiger partial charge is 0.497 e. The van der Waals surface area contributed by atoms with Gasteiger partial charge in [0.2, 0.25) is 0 Å². The number of hydrogen-bond acceptors (Lipinski definition) is 7. The summed E-state index contributed by atoms with van der Waals surface area (Å²) in [4.78, 5) is 21.7. The molecular weight excluding hydrogens is 454 g/mol. The second kappa shape index (κ2) is 10.3. The van der Waals surface area contributed by atoms with Crippen molar-refractivity contribution in [1.29, 1.82) is 0 Å². The van der Waals surface area contributed by atoms with Crippen molar-refractivity contribution in [2.45, 2.75) is 75.9 Å². The number of fused-ring (bicyclic) bond motifs is 1. The molecule has 3 fully saturated rings. The van der Waals surface area contributed by atoms with E-state index < -0.39 is 0 Å². The number of nitrogens with one attached hydrogen (secondary N) is 1. The molecule has 9 heteroatoms. The number of aromatic nitrogens is 5. The zero-order valence-electron chi connectivity index (χ0n) is 21.2. The van der Waals surface area contributed by atoms with Crippen LogP contribution in [0, 0.1) is 0 Å². The van der Waals surface area contributed by atoms with Gasteiger partial charge < -0.3 is 9.72 Å². The normalized spacial score (nSPS) is 21.8. The highest BCUT2D eigenvalue weighted by molar-refractivity contribution is 5.80. The zero-order valence-corrected chi connectivity index (χ0v) is 21.2. The van der Waals surface area contributed by atoms with Crippen molar-refractivity contribution >= 4 is 10.9 Å². The Labute approximate surface area is 211 Å². The van der Waals surface area contributed by atoms with Gasteiger partial charge in [-0.25, -0.2) is 4.68 Å². The minimum atomic E-state index is -0.284. The molecule has 2 aliphatic carbocycles. The third kappa shape index (κ3) is 4.54. The number of piperazine rings is 1. The van der Waals surface area contributed by atoms with E-state index in [2.05, 4.69) is 30.3 Å². The summed E-state index contributed by atoms with van der Waals surface area (Å²) in [5.74, 6) is 1.56. The molecule has 1 N–H and O–H groups in total. The average molecular weight is 492 g/mol. The van der Waals surface area contributed by atoms with Gasteiger partial charge in [-0.2, -0.15) is 0 Å². The van der Waals surface area contributed by atoms with Gasteiger partial charge in [0, 0.05) is 48.7 Å². The molecule has 3 aliphatic rings. The maximum Gasteiger partial charge on any atom is 0.253 e. The lowest BCUT2D eigenvalue weighted by Crippen LogP contribution is -2.52. The first-order valence-electron chi connectivity index (χ1n) is 13.7. The predicted molar refractivity (Wildman–Crippen MR) is 138 cm³/mol. The van der Waals surface area contributed by atoms with Gasteiger partial charge >= 0.3 is 0 Å². The Balaban J connectivity index is 1.37. The minimum Gasteiger partial charge on any atom is -0.497 e. The van der Waals surface area contributed by atoms with E-state index in [1.807, 2.05) is 28.9 Å². The molecule has 6 rings (SSSR count). The Morgan fingerprint density at radius 3 is 2.42 bits per heavy atom. The summed E-state index contributed by atoms with van der Waals surface area (Å²) in [5, 5.41) is 14.0. The number of methoxy groups -OCH3 is 1. The number of nitrogens with zero attached hydrogens (tertiary/aromatic N) is 6. The lowest BCUT2D eigenvalue weighted by molar-refractivity contribution is 0.0613. The molecule has 0 bridgehead atoms. The zero-order chi connectivity index (χ0) is 24.5. The van der Waals surface area contributed by atoms with Crippen molar-refractivity contribution in [3.63, 3.8) is 0 Å². The molecule has 0 amide bonds. The van der Waals surface area contributed by atoms with Crippen molar-refractivity contribution < 1.29 is 4.74 Å². The summed E-state index contributed by atoms with van der Waals surface area (Å²) < 4.78 is 7.47. The number of ether oxygens (including phenoxy) is 1. The topological polar surface area (TPSA) is 92.2 Å². The number of pyridine rings is 1. The van der Waals surface area contributed by atoms with Crippen molar-refractivity contribution in [1.82, 2.24) is 35.0 Å². The second-order valence-electron chi connectivity index (χ2n) is 10.7. The number of hydrogen-bond donors (Lipinski definition) is 1. The molecule has 1 aliphatic heterocycles. The Bertz CT molecular complexity index is 1230. The van der Waals surface area contributed by atoms with Gasteiger partial charge in [-0.1, -0.05) is 32.1 Å². The number of rotatable bonds is 6. The van der Waals surface area contributed by atoms with E-state index in [1.165, 1.54) is 44.9 Å². The van der Waals surface area contributed by atoms with E-state index in [0.29, 0.717) is 17.6 Å². The molecule has 36 heavy (non-hydrogen) atoms. The minimum absolute atomic E-state index is 0.0756. The van der Waals surface area contributed by atoms with Crippen LogP contribution in [0.5, 0.6) is 5.75 Å². The molecule has 1 atom stereocenters. The van der Waals surface area contributed by atoms with Crippen LogP contribution in [0.25, 0.3) is 10.9 Å². The summed E-state index contributed by atoms with van der Waals surface area (Å²) in [6.45, 7) is 3.83. The first-order chi connectivity index (χ1) is 17.7. The Morgan fingerprint density at radius 1 is 0.944 bits per heavy atom. The van der Waals surface area contributed by atoms with Crippen LogP contribution >= 0.6 is 0 Å². The van der Waals surface area contributed by atoms with Crippen molar-refractivity contribution in [3.05, 3.63) is 46.0 Å². The van der Waals surface area contributed by atoms with Crippen LogP contribution in [0.1, 0.15) is 81.3 Å².